The maximum atomic E-state index is 13.2. The van der Waals surface area contributed by atoms with Crippen molar-refractivity contribution in [2.24, 2.45) is 11.8 Å². The second kappa shape index (κ2) is 9.85. The highest BCUT2D eigenvalue weighted by Gasteiger charge is 2.45. The predicted molar refractivity (Wildman–Crippen MR) is 116 cm³/mol. The number of fused-ring (bicyclic) bond motifs is 2. The highest BCUT2D eigenvalue weighted by Crippen LogP contribution is 2.44. The summed E-state index contributed by atoms with van der Waals surface area (Å²) in [6, 6.07) is 15.6. The van der Waals surface area contributed by atoms with Crippen molar-refractivity contribution in [1.29, 1.82) is 0 Å². The summed E-state index contributed by atoms with van der Waals surface area (Å²) >= 11 is 0. The summed E-state index contributed by atoms with van der Waals surface area (Å²) in [5.74, 6) is -3.34. The van der Waals surface area contributed by atoms with E-state index in [-0.39, 0.29) is 17.2 Å². The molecule has 0 spiro atoms. The Bertz CT molecular complexity index is 1020. The summed E-state index contributed by atoms with van der Waals surface area (Å²) in [7, 11) is 0. The highest BCUT2D eigenvalue weighted by atomic mass is 16.6. The van der Waals surface area contributed by atoms with E-state index >= 15 is 0 Å². The van der Waals surface area contributed by atoms with E-state index in [9.17, 15) is 24.3 Å². The van der Waals surface area contributed by atoms with Crippen LogP contribution in [0.2, 0.25) is 0 Å². The molecule has 0 aliphatic heterocycles. The molecule has 0 aromatic heterocycles. The number of rotatable bonds is 8. The monoisotopic (exact) mass is 451 g/mol. The Hall–Kier alpha value is -3.68. The van der Waals surface area contributed by atoms with Gasteiger partial charge in [-0.1, -0.05) is 42.8 Å². The molecule has 2 fully saturated rings. The molecule has 2 bridgehead atoms. The minimum Gasteiger partial charge on any atom is -0.478 e. The molecule has 8 nitrogen and oxygen atoms in total. The first-order valence-corrected chi connectivity index (χ1v) is 11.0. The Morgan fingerprint density at radius 3 is 1.79 bits per heavy atom. The number of nitrogens with one attached hydrogen (secondary N) is 1. The molecule has 5 atom stereocenters. The van der Waals surface area contributed by atoms with Crippen molar-refractivity contribution in [2.45, 2.75) is 43.9 Å². The number of amides is 1. The third-order valence-electron chi connectivity index (χ3n) is 6.33. The molecule has 2 saturated carbocycles. The van der Waals surface area contributed by atoms with E-state index in [2.05, 4.69) is 5.32 Å². The van der Waals surface area contributed by atoms with Gasteiger partial charge >= 0.3 is 17.9 Å². The number of benzene rings is 2. The molecule has 172 valence electrons. The maximum absolute atomic E-state index is 13.2. The number of ether oxygens (including phenoxy) is 2. The van der Waals surface area contributed by atoms with Crippen LogP contribution in [0.1, 0.15) is 46.4 Å². The minimum absolute atomic E-state index is 0.116. The summed E-state index contributed by atoms with van der Waals surface area (Å²) in [5, 5.41) is 12.6. The van der Waals surface area contributed by atoms with Gasteiger partial charge in [0.05, 0.1) is 11.1 Å². The van der Waals surface area contributed by atoms with Gasteiger partial charge in [0.1, 0.15) is 0 Å². The molecule has 1 amide bonds. The lowest BCUT2D eigenvalue weighted by Gasteiger charge is -2.28. The highest BCUT2D eigenvalue weighted by molar-refractivity contribution is 5.96. The smallest absolute Gasteiger partial charge is 0.349 e. The normalized spacial score (nSPS) is 22.7. The first-order chi connectivity index (χ1) is 15.9. The van der Waals surface area contributed by atoms with Gasteiger partial charge in [-0.15, -0.1) is 0 Å². The van der Waals surface area contributed by atoms with Crippen LogP contribution >= 0.6 is 0 Å². The van der Waals surface area contributed by atoms with Gasteiger partial charge in [-0.25, -0.2) is 14.4 Å². The Morgan fingerprint density at radius 2 is 1.33 bits per heavy atom. The lowest BCUT2D eigenvalue weighted by atomic mass is 9.95. The lowest BCUT2D eigenvalue weighted by Crippen LogP contribution is -2.53. The van der Waals surface area contributed by atoms with E-state index in [1.165, 1.54) is 24.3 Å². The van der Waals surface area contributed by atoms with Crippen molar-refractivity contribution in [3.8, 4) is 0 Å². The largest absolute Gasteiger partial charge is 0.478 e. The lowest BCUT2D eigenvalue weighted by molar-refractivity contribution is -0.159. The number of hydrogen-bond donors (Lipinski definition) is 2. The molecule has 4 rings (SSSR count). The maximum Gasteiger partial charge on any atom is 0.349 e. The molecule has 2 aromatic carbocycles. The van der Waals surface area contributed by atoms with Crippen molar-refractivity contribution in [3.05, 3.63) is 71.8 Å². The standard InChI is InChI=1S/C25H25NO7/c27-22(26-19-14-15-11-12-18(19)13-15)20(32-24(30)16-7-3-1-4-8-16)21(23(28)29)33-25(31)17-9-5-2-6-10-17/h1-10,15,18-21H,11-14H2,(H,26,27)(H,28,29). The summed E-state index contributed by atoms with van der Waals surface area (Å²) in [4.78, 5) is 50.4. The van der Waals surface area contributed by atoms with Crippen molar-refractivity contribution in [1.82, 2.24) is 5.32 Å². The second-order valence-corrected chi connectivity index (χ2v) is 8.51. The van der Waals surface area contributed by atoms with Gasteiger partial charge in [0, 0.05) is 6.04 Å². The summed E-state index contributed by atoms with van der Waals surface area (Å²) in [5.41, 5.74) is 0.263. The molecule has 2 aliphatic carbocycles. The molecule has 0 saturated heterocycles. The topological polar surface area (TPSA) is 119 Å². The van der Waals surface area contributed by atoms with E-state index in [1.807, 2.05) is 0 Å². The van der Waals surface area contributed by atoms with E-state index in [1.54, 1.807) is 36.4 Å². The van der Waals surface area contributed by atoms with Gasteiger partial charge in [-0.2, -0.15) is 0 Å². The Labute approximate surface area is 190 Å². The number of hydrogen-bond acceptors (Lipinski definition) is 6. The van der Waals surface area contributed by atoms with Gasteiger partial charge in [0.15, 0.2) is 0 Å². The number of carboxylic acids is 1. The molecule has 2 N–H and O–H groups in total. The van der Waals surface area contributed by atoms with E-state index < -0.39 is 36.0 Å². The second-order valence-electron chi connectivity index (χ2n) is 8.51. The molecule has 33 heavy (non-hydrogen) atoms. The average Bonchev–Trinajstić information content (AvgIpc) is 3.45. The van der Waals surface area contributed by atoms with E-state index in [0.717, 1.165) is 25.7 Å². The third kappa shape index (κ3) is 5.22. The van der Waals surface area contributed by atoms with Crippen LogP contribution in [-0.4, -0.2) is 47.2 Å². The summed E-state index contributed by atoms with van der Waals surface area (Å²) in [6.45, 7) is 0. The fraction of sp³-hybridized carbons (Fsp3) is 0.360. The van der Waals surface area contributed by atoms with Gasteiger partial charge < -0.3 is 19.9 Å². The van der Waals surface area contributed by atoms with Crippen LogP contribution < -0.4 is 5.32 Å². The van der Waals surface area contributed by atoms with Crippen molar-refractivity contribution in [2.75, 3.05) is 0 Å². The number of carbonyl (C=O) groups is 4. The average molecular weight is 451 g/mol. The predicted octanol–water partition coefficient (Wildman–Crippen LogP) is 2.83. The number of carboxylic acid groups (broad SMARTS) is 1. The van der Waals surface area contributed by atoms with E-state index in [0.29, 0.717) is 11.8 Å². The van der Waals surface area contributed by atoms with Gasteiger partial charge in [0.25, 0.3) is 5.91 Å². The van der Waals surface area contributed by atoms with Crippen LogP contribution in [0.4, 0.5) is 0 Å². The van der Waals surface area contributed by atoms with Crippen LogP contribution in [0.3, 0.4) is 0 Å². The van der Waals surface area contributed by atoms with Crippen LogP contribution in [0.25, 0.3) is 0 Å². The fourth-order valence-corrected chi connectivity index (χ4v) is 4.70. The fourth-order valence-electron chi connectivity index (χ4n) is 4.70. The molecular formula is C25H25NO7. The zero-order valence-electron chi connectivity index (χ0n) is 17.9. The zero-order valence-corrected chi connectivity index (χ0v) is 17.9. The first-order valence-electron chi connectivity index (χ1n) is 11.0. The van der Waals surface area contributed by atoms with Gasteiger partial charge in [-0.05, 0) is 55.4 Å². The molecule has 8 heteroatoms. The first kappa shape index (κ1) is 22.5. The van der Waals surface area contributed by atoms with Crippen molar-refractivity contribution < 1.29 is 33.8 Å². The SMILES string of the molecule is O=C(OC(C(=O)O)C(OC(=O)c1ccccc1)C(=O)NC1CC2CCC1C2)c1ccccc1. The number of aliphatic carboxylic acids is 1. The molecule has 0 heterocycles. The van der Waals surface area contributed by atoms with Crippen LogP contribution in [-0.2, 0) is 19.1 Å². The molecule has 2 aromatic rings. The zero-order chi connectivity index (χ0) is 23.4. The molecule has 2 aliphatic rings. The number of carbonyl (C=O) groups excluding carboxylic acids is 3. The van der Waals surface area contributed by atoms with Crippen LogP contribution in [0.15, 0.2) is 60.7 Å². The van der Waals surface area contributed by atoms with Gasteiger partial charge in [-0.3, -0.25) is 4.79 Å². The van der Waals surface area contributed by atoms with Crippen LogP contribution in [0.5, 0.6) is 0 Å². The van der Waals surface area contributed by atoms with Gasteiger partial charge in [0.2, 0.25) is 12.2 Å². The minimum atomic E-state index is -2.01. The number of esters is 2. The Balaban J connectivity index is 1.56. The van der Waals surface area contributed by atoms with Crippen molar-refractivity contribution in [3.63, 3.8) is 0 Å². The summed E-state index contributed by atoms with van der Waals surface area (Å²) < 4.78 is 10.5. The Kier molecular flexibility index (Phi) is 6.72. The Morgan fingerprint density at radius 1 is 0.788 bits per heavy atom. The summed E-state index contributed by atoms with van der Waals surface area (Å²) in [6.07, 6.45) is 0.0823. The molecular weight excluding hydrogens is 426 g/mol. The van der Waals surface area contributed by atoms with E-state index in [4.69, 9.17) is 9.47 Å². The molecule has 0 radical (unpaired) electrons. The van der Waals surface area contributed by atoms with Crippen molar-refractivity contribution >= 4 is 23.8 Å². The third-order valence-corrected chi connectivity index (χ3v) is 6.33. The quantitative estimate of drug-likeness (QED) is 0.593. The van der Waals surface area contributed by atoms with Crippen LogP contribution in [0, 0.1) is 11.8 Å². The molecule has 5 unspecified atom stereocenters.